The first kappa shape index (κ1) is 32.4. The Hall–Kier alpha value is -7.30. The second-order valence-electron chi connectivity index (χ2n) is 13.8. The van der Waals surface area contributed by atoms with Crippen molar-refractivity contribution in [3.63, 3.8) is 0 Å². The molecule has 2 aliphatic rings. The van der Waals surface area contributed by atoms with Gasteiger partial charge in [-0.2, -0.15) is 0 Å². The van der Waals surface area contributed by atoms with E-state index in [0.717, 1.165) is 56.0 Å². The molecule has 7 aromatic carbocycles. The highest BCUT2D eigenvalue weighted by atomic mass is 14.9. The topological polar surface area (TPSA) is 50.5 Å². The van der Waals surface area contributed by atoms with Gasteiger partial charge in [0.1, 0.15) is 0 Å². The van der Waals surface area contributed by atoms with Crippen LogP contribution in [0.2, 0.25) is 0 Å². The first-order chi connectivity index (χ1) is 27.2. The summed E-state index contributed by atoms with van der Waals surface area (Å²) < 4.78 is 0. The summed E-state index contributed by atoms with van der Waals surface area (Å²) in [5.41, 5.74) is 15.5. The van der Waals surface area contributed by atoms with Crippen molar-refractivity contribution in [2.24, 2.45) is 9.98 Å². The average Bonchev–Trinajstić information content (AvgIpc) is 3.73. The van der Waals surface area contributed by atoms with Gasteiger partial charge in [0.05, 0.1) is 22.5 Å². The van der Waals surface area contributed by atoms with Crippen LogP contribution in [0.15, 0.2) is 204 Å². The summed E-state index contributed by atoms with van der Waals surface area (Å²) in [7, 11) is 0. The zero-order valence-corrected chi connectivity index (χ0v) is 30.0. The highest BCUT2D eigenvalue weighted by molar-refractivity contribution is 6.13. The minimum absolute atomic E-state index is 0.555. The molecule has 1 heterocycles. The molecule has 4 nitrogen and oxygen atoms in total. The minimum atomic E-state index is -0.556. The van der Waals surface area contributed by atoms with Crippen molar-refractivity contribution in [1.82, 2.24) is 9.97 Å². The van der Waals surface area contributed by atoms with Crippen molar-refractivity contribution in [2.75, 3.05) is 0 Å². The van der Waals surface area contributed by atoms with Gasteiger partial charge in [0.25, 0.3) is 0 Å². The van der Waals surface area contributed by atoms with Gasteiger partial charge in [-0.1, -0.05) is 188 Å². The molecule has 4 heteroatoms. The number of benzene rings is 7. The summed E-state index contributed by atoms with van der Waals surface area (Å²) in [6.07, 6.45) is 0. The summed E-state index contributed by atoms with van der Waals surface area (Å²) in [5.74, 6) is 1.24. The molecule has 0 fully saturated rings. The molecule has 0 radical (unpaired) electrons. The maximum absolute atomic E-state index is 5.48. The molecule has 8 aromatic rings. The number of aliphatic imine (C=N–C) groups is 2. The fourth-order valence-electron chi connectivity index (χ4n) is 8.49. The van der Waals surface area contributed by atoms with E-state index in [1.54, 1.807) is 0 Å². The van der Waals surface area contributed by atoms with Crippen LogP contribution in [0, 0.1) is 0 Å². The van der Waals surface area contributed by atoms with Gasteiger partial charge in [-0.3, -0.25) is 0 Å². The summed E-state index contributed by atoms with van der Waals surface area (Å²) >= 11 is 0. The lowest BCUT2D eigenvalue weighted by atomic mass is 9.68. The normalized spacial score (nSPS) is 13.7. The van der Waals surface area contributed by atoms with Crippen molar-refractivity contribution in [3.05, 3.63) is 228 Å². The van der Waals surface area contributed by atoms with Gasteiger partial charge < -0.3 is 0 Å². The van der Waals surface area contributed by atoms with Crippen molar-refractivity contribution in [3.8, 4) is 45.0 Å². The molecule has 1 aromatic heterocycles. The van der Waals surface area contributed by atoms with Crippen LogP contribution >= 0.6 is 0 Å². The lowest BCUT2D eigenvalue weighted by molar-refractivity contribution is 0.842. The first-order valence-corrected chi connectivity index (χ1v) is 18.5. The Morgan fingerprint density at radius 1 is 0.436 bits per heavy atom. The maximum atomic E-state index is 5.48. The fourth-order valence-corrected chi connectivity index (χ4v) is 8.49. The van der Waals surface area contributed by atoms with Crippen LogP contribution in [0.1, 0.15) is 33.4 Å². The van der Waals surface area contributed by atoms with Crippen LogP contribution in [-0.2, 0) is 5.41 Å². The van der Waals surface area contributed by atoms with Crippen molar-refractivity contribution in [1.29, 1.82) is 0 Å². The summed E-state index contributed by atoms with van der Waals surface area (Å²) in [6.45, 7) is 4.04. The summed E-state index contributed by atoms with van der Waals surface area (Å²) in [5, 5.41) is 0. The molecule has 0 amide bonds. The quantitative estimate of drug-likeness (QED) is 0.128. The molecule has 2 aliphatic carbocycles. The molecular formula is C51H34N4. The molecule has 0 N–H and O–H groups in total. The van der Waals surface area contributed by atoms with E-state index in [0.29, 0.717) is 11.7 Å². The zero-order chi connectivity index (χ0) is 36.8. The van der Waals surface area contributed by atoms with E-state index in [4.69, 9.17) is 15.0 Å². The number of fused-ring (bicyclic) bond motifs is 7. The van der Waals surface area contributed by atoms with E-state index in [-0.39, 0.29) is 0 Å². The minimum Gasteiger partial charge on any atom is -0.245 e. The Morgan fingerprint density at radius 2 is 0.873 bits per heavy atom. The summed E-state index contributed by atoms with van der Waals surface area (Å²) in [4.78, 5) is 20.1. The van der Waals surface area contributed by atoms with Crippen molar-refractivity contribution < 1.29 is 0 Å². The van der Waals surface area contributed by atoms with Crippen LogP contribution in [0.5, 0.6) is 0 Å². The van der Waals surface area contributed by atoms with E-state index in [1.807, 2.05) is 48.5 Å². The maximum Gasteiger partial charge on any atom is 0.160 e. The second-order valence-corrected chi connectivity index (χ2v) is 13.8. The highest BCUT2D eigenvalue weighted by Gasteiger charge is 2.53. The van der Waals surface area contributed by atoms with Crippen LogP contribution in [0.25, 0.3) is 56.3 Å². The highest BCUT2D eigenvalue weighted by Crippen LogP contribution is 2.64. The van der Waals surface area contributed by atoms with Crippen molar-refractivity contribution >= 4 is 23.8 Å². The molecule has 1 spiro atoms. The smallest absolute Gasteiger partial charge is 0.160 e. The van der Waals surface area contributed by atoms with E-state index in [9.17, 15) is 0 Å². The largest absolute Gasteiger partial charge is 0.245 e. The molecule has 0 unspecified atom stereocenters. The molecule has 258 valence electrons. The van der Waals surface area contributed by atoms with Gasteiger partial charge in [-0.25, -0.2) is 20.0 Å². The average molecular weight is 703 g/mol. The Bertz CT molecular complexity index is 2700. The van der Waals surface area contributed by atoms with E-state index < -0.39 is 5.41 Å². The Labute approximate surface area is 320 Å². The molecule has 0 saturated carbocycles. The molecule has 0 aliphatic heterocycles. The Morgan fingerprint density at radius 3 is 1.42 bits per heavy atom. The third-order valence-electron chi connectivity index (χ3n) is 10.8. The standard InChI is InChI=1S/C51H34N4/c1-52-49(38-31-29-35(30-32-38)46-33-45(34-17-5-2-6-18-34)53-50(54-46)37-21-9-4-10-22-37)55-48-41-25-13-16-28-44(41)51(47(48)36-19-7-3-8-20-36)42-26-14-11-23-39(42)40-24-12-15-27-43(40)51/h2-33H,1H2/b55-49-. The van der Waals surface area contributed by atoms with Crippen molar-refractivity contribution in [2.45, 2.75) is 5.41 Å². The second kappa shape index (κ2) is 13.3. The van der Waals surface area contributed by atoms with E-state index in [2.05, 4.69) is 157 Å². The molecule has 10 rings (SSSR count). The van der Waals surface area contributed by atoms with Gasteiger partial charge in [0.15, 0.2) is 11.7 Å². The summed E-state index contributed by atoms with van der Waals surface area (Å²) in [6, 6.07) is 67.8. The zero-order valence-electron chi connectivity index (χ0n) is 30.0. The van der Waals surface area contributed by atoms with Gasteiger partial charge in [0, 0.05) is 33.4 Å². The van der Waals surface area contributed by atoms with Crippen LogP contribution < -0.4 is 0 Å². The fraction of sp³-hybridized carbons (Fsp3) is 0.0196. The predicted molar refractivity (Wildman–Crippen MR) is 226 cm³/mol. The number of nitrogens with zero attached hydrogens (tertiary/aromatic N) is 4. The SMILES string of the molecule is C=N/C(=N\C1=C(c2ccccc2)C2(c3ccccc31)c1ccccc1-c1ccccc12)c1ccc(-c2cc(-c3ccccc3)nc(-c3ccccc3)n2)cc1. The molecule has 0 atom stereocenters. The molecule has 0 bridgehead atoms. The van der Waals surface area contributed by atoms with Gasteiger partial charge in [0.2, 0.25) is 0 Å². The monoisotopic (exact) mass is 702 g/mol. The lowest BCUT2D eigenvalue weighted by Crippen LogP contribution is -2.26. The van der Waals surface area contributed by atoms with Crippen LogP contribution in [0.4, 0.5) is 0 Å². The third kappa shape index (κ3) is 5.22. The first-order valence-electron chi connectivity index (χ1n) is 18.5. The molecular weight excluding hydrogens is 669 g/mol. The Balaban J connectivity index is 1.14. The number of rotatable bonds is 6. The van der Waals surface area contributed by atoms with E-state index >= 15 is 0 Å². The van der Waals surface area contributed by atoms with Crippen LogP contribution in [-0.4, -0.2) is 22.5 Å². The Kier molecular flexibility index (Phi) is 7.81. The number of hydrogen-bond donors (Lipinski definition) is 0. The van der Waals surface area contributed by atoms with Gasteiger partial charge in [-0.05, 0) is 46.2 Å². The van der Waals surface area contributed by atoms with E-state index in [1.165, 1.54) is 27.8 Å². The van der Waals surface area contributed by atoms with Gasteiger partial charge in [-0.15, -0.1) is 0 Å². The third-order valence-corrected chi connectivity index (χ3v) is 10.8. The lowest BCUT2D eigenvalue weighted by Gasteiger charge is -2.32. The molecule has 55 heavy (non-hydrogen) atoms. The number of aromatic nitrogens is 2. The number of hydrogen-bond acceptors (Lipinski definition) is 3. The predicted octanol–water partition coefficient (Wildman–Crippen LogP) is 11.8. The molecule has 0 saturated heterocycles. The van der Waals surface area contributed by atoms with Crippen LogP contribution in [0.3, 0.4) is 0 Å². The number of allylic oxidation sites excluding steroid dienone is 1. The van der Waals surface area contributed by atoms with Gasteiger partial charge >= 0.3 is 0 Å². The number of amidine groups is 1.